The van der Waals surface area contributed by atoms with Crippen LogP contribution in [0, 0.1) is 0 Å². The van der Waals surface area contributed by atoms with Gasteiger partial charge in [0.05, 0.1) is 17.0 Å². The summed E-state index contributed by atoms with van der Waals surface area (Å²) in [6, 6.07) is 19.8. The number of unbranched alkanes of at least 4 members (excludes halogenated alkanes) is 5. The Labute approximate surface area is 355 Å². The van der Waals surface area contributed by atoms with Crippen LogP contribution in [-0.4, -0.2) is 92.6 Å². The van der Waals surface area contributed by atoms with Crippen LogP contribution in [0.2, 0.25) is 0 Å². The van der Waals surface area contributed by atoms with Crippen LogP contribution in [0.1, 0.15) is 107 Å². The summed E-state index contributed by atoms with van der Waals surface area (Å²) in [6.45, 7) is 1.30. The monoisotopic (exact) mass is 861 g/mol. The van der Waals surface area contributed by atoms with Crippen molar-refractivity contribution in [3.8, 4) is 0 Å². The molecule has 0 bridgehead atoms. The Kier molecular flexibility index (Phi) is 17.5. The number of fused-ring (bicyclic) bond motifs is 1. The van der Waals surface area contributed by atoms with E-state index in [-0.39, 0.29) is 58.5 Å². The lowest BCUT2D eigenvalue weighted by Crippen LogP contribution is -2.47. The van der Waals surface area contributed by atoms with Gasteiger partial charge in [0.1, 0.15) is 6.04 Å². The molecular weight excluding hydrogens is 807 g/mol. The van der Waals surface area contributed by atoms with Gasteiger partial charge in [0.25, 0.3) is 11.8 Å². The lowest BCUT2D eigenvalue weighted by atomic mass is 10.0. The number of ketones is 1. The van der Waals surface area contributed by atoms with Crippen LogP contribution in [0.3, 0.4) is 0 Å². The van der Waals surface area contributed by atoms with Crippen molar-refractivity contribution in [1.82, 2.24) is 31.9 Å². The largest absolute Gasteiger partial charge is 0.356 e. The molecule has 15 nitrogen and oxygen atoms in total. The number of primary sulfonamides is 1. The topological polar surface area (TPSA) is 235 Å². The van der Waals surface area contributed by atoms with E-state index in [9.17, 15) is 37.2 Å². The number of hydrogen-bond donors (Lipinski definition) is 7. The summed E-state index contributed by atoms with van der Waals surface area (Å²) in [5.74, 6) is -0.388. The van der Waals surface area contributed by atoms with Gasteiger partial charge in [-0.15, -0.1) is 0 Å². The van der Waals surface area contributed by atoms with E-state index in [1.54, 1.807) is 48.5 Å². The summed E-state index contributed by atoms with van der Waals surface area (Å²) >= 11 is 1.88. The van der Waals surface area contributed by atoms with Gasteiger partial charge in [0.2, 0.25) is 21.8 Å². The molecule has 6 amide bonds. The van der Waals surface area contributed by atoms with E-state index in [1.807, 2.05) is 17.8 Å². The van der Waals surface area contributed by atoms with Crippen molar-refractivity contribution in [2.45, 2.75) is 98.9 Å². The normalized spacial score (nSPS) is 17.4. The lowest BCUT2D eigenvalue weighted by molar-refractivity contribution is -0.123. The second kappa shape index (κ2) is 22.9. The zero-order valence-corrected chi connectivity index (χ0v) is 35.2. The molecule has 60 heavy (non-hydrogen) atoms. The number of urea groups is 1. The van der Waals surface area contributed by atoms with Crippen LogP contribution in [0.15, 0.2) is 83.8 Å². The van der Waals surface area contributed by atoms with Gasteiger partial charge in [-0.3, -0.25) is 24.0 Å². The maximum atomic E-state index is 13.3. The Morgan fingerprint density at radius 3 is 1.98 bits per heavy atom. The Morgan fingerprint density at radius 2 is 1.28 bits per heavy atom. The van der Waals surface area contributed by atoms with Gasteiger partial charge in [-0.05, 0) is 81.3 Å². The molecule has 2 aliphatic rings. The number of hydrogen-bond acceptors (Lipinski definition) is 9. The van der Waals surface area contributed by atoms with Crippen molar-refractivity contribution in [3.05, 3.63) is 101 Å². The fraction of sp³-hybridized carbons (Fsp3) is 0.442. The second-order valence-electron chi connectivity index (χ2n) is 15.0. The van der Waals surface area contributed by atoms with Crippen molar-refractivity contribution in [2.75, 3.05) is 25.4 Å². The molecule has 4 atom stereocenters. The first-order chi connectivity index (χ1) is 28.9. The lowest BCUT2D eigenvalue weighted by Gasteiger charge is -2.19. The maximum Gasteiger partial charge on any atom is 0.315 e. The third-order valence-corrected chi connectivity index (χ3v) is 13.0. The zero-order chi connectivity index (χ0) is 42.9. The van der Waals surface area contributed by atoms with Crippen LogP contribution < -0.4 is 37.0 Å². The van der Waals surface area contributed by atoms with E-state index in [0.717, 1.165) is 44.3 Å². The van der Waals surface area contributed by atoms with Crippen molar-refractivity contribution < 1.29 is 37.2 Å². The minimum atomic E-state index is -3.94. The maximum absolute atomic E-state index is 13.3. The molecule has 0 saturated carbocycles. The fourth-order valence-corrected chi connectivity index (χ4v) is 9.20. The molecule has 3 aromatic rings. The number of nitrogens with one attached hydrogen (secondary N) is 6. The Hall–Kier alpha value is -5.26. The van der Waals surface area contributed by atoms with E-state index in [2.05, 4.69) is 31.9 Å². The van der Waals surface area contributed by atoms with Crippen LogP contribution >= 0.6 is 11.8 Å². The van der Waals surface area contributed by atoms with Crippen molar-refractivity contribution >= 4 is 57.2 Å². The molecule has 8 N–H and O–H groups in total. The SMILES string of the molecule is NS(=O)(=O)c1ccc(C(=O)N[C@@H](CCCCNC(=O)c2ccc(C(=O)c3ccccc3)cc2)C(=O)NCCCCCCNC(=O)CCCC[C@@H]2SC[C@@H]3NC(=O)N[C@@H]32)cc1. The highest BCUT2D eigenvalue weighted by molar-refractivity contribution is 8.00. The summed E-state index contributed by atoms with van der Waals surface area (Å²) in [7, 11) is -3.94. The fourth-order valence-electron chi connectivity index (χ4n) is 7.14. The molecule has 2 fully saturated rings. The first-order valence-corrected chi connectivity index (χ1v) is 23.1. The average molecular weight is 862 g/mol. The molecule has 3 aromatic carbocycles. The third kappa shape index (κ3) is 14.2. The number of nitrogens with two attached hydrogens (primary N) is 1. The smallest absolute Gasteiger partial charge is 0.315 e. The number of rotatable bonds is 24. The predicted molar refractivity (Wildman–Crippen MR) is 230 cm³/mol. The van der Waals surface area contributed by atoms with Crippen LogP contribution in [0.25, 0.3) is 0 Å². The van der Waals surface area contributed by atoms with Gasteiger partial charge in [0.15, 0.2) is 5.78 Å². The van der Waals surface area contributed by atoms with Crippen molar-refractivity contribution in [2.24, 2.45) is 5.14 Å². The highest BCUT2D eigenvalue weighted by atomic mass is 32.2. The standard InChI is InChI=1S/C43H55N7O8S2/c44-60(57,58)33-23-21-32(22-24-33)41(54)48-34(14-8-11-27-46-40(53)31-19-17-30(18-20-31)39(52)29-12-4-3-5-13-29)42(55)47-26-10-2-1-9-25-45-37(51)16-7-6-15-36-38-35(28-59-36)49-43(56)50-38/h3-5,12-13,17-24,34-36,38H,1-2,6-11,14-16,25-28H2,(H,45,51)(H,46,53)(H,47,55)(H,48,54)(H2,44,57,58)(H2,49,50,56)/t34-,35-,36-,38-/m0/s1. The quantitative estimate of drug-likeness (QED) is 0.0394. The predicted octanol–water partition coefficient (Wildman–Crippen LogP) is 3.78. The molecule has 17 heteroatoms. The molecule has 0 radical (unpaired) electrons. The summed E-state index contributed by atoms with van der Waals surface area (Å²) in [5.41, 5.74) is 1.60. The van der Waals surface area contributed by atoms with E-state index >= 15 is 0 Å². The highest BCUT2D eigenvalue weighted by Gasteiger charge is 2.42. The van der Waals surface area contributed by atoms with Gasteiger partial charge in [-0.1, -0.05) is 61.7 Å². The summed E-state index contributed by atoms with van der Waals surface area (Å²) in [4.78, 5) is 75.6. The average Bonchev–Trinajstić information content (AvgIpc) is 3.81. The summed E-state index contributed by atoms with van der Waals surface area (Å²) in [6.07, 6.45) is 7.72. The Bertz CT molecular complexity index is 2050. The van der Waals surface area contributed by atoms with E-state index < -0.39 is 22.0 Å². The molecule has 0 spiro atoms. The highest BCUT2D eigenvalue weighted by Crippen LogP contribution is 2.33. The zero-order valence-electron chi connectivity index (χ0n) is 33.6. The Balaban J connectivity index is 0.984. The number of sulfonamides is 1. The first-order valence-electron chi connectivity index (χ1n) is 20.5. The van der Waals surface area contributed by atoms with Gasteiger partial charge < -0.3 is 31.9 Å². The van der Waals surface area contributed by atoms with Gasteiger partial charge >= 0.3 is 6.03 Å². The number of carbonyl (C=O) groups excluding carboxylic acids is 6. The number of amides is 6. The molecule has 2 saturated heterocycles. The molecule has 2 heterocycles. The number of thioether (sulfide) groups is 1. The summed E-state index contributed by atoms with van der Waals surface area (Å²) in [5, 5.41) is 23.0. The van der Waals surface area contributed by atoms with Gasteiger partial charge in [-0.2, -0.15) is 11.8 Å². The molecule has 5 rings (SSSR count). The Morgan fingerprint density at radius 1 is 0.683 bits per heavy atom. The molecule has 322 valence electrons. The van der Waals surface area contributed by atoms with E-state index in [0.29, 0.717) is 67.3 Å². The molecule has 0 aromatic heterocycles. The number of benzene rings is 3. The molecular formula is C43H55N7O8S2. The molecule has 0 unspecified atom stereocenters. The second-order valence-corrected chi connectivity index (χ2v) is 17.9. The van der Waals surface area contributed by atoms with Crippen LogP contribution in [-0.2, 0) is 19.6 Å². The van der Waals surface area contributed by atoms with Crippen LogP contribution in [0.5, 0.6) is 0 Å². The van der Waals surface area contributed by atoms with E-state index in [1.165, 1.54) is 24.3 Å². The van der Waals surface area contributed by atoms with Crippen molar-refractivity contribution in [1.29, 1.82) is 0 Å². The minimum absolute atomic E-state index is 0.0362. The molecule has 2 aliphatic heterocycles. The van der Waals surface area contributed by atoms with Gasteiger partial charge in [0, 0.05) is 59.3 Å². The van der Waals surface area contributed by atoms with E-state index in [4.69, 9.17) is 5.14 Å². The van der Waals surface area contributed by atoms with Crippen LogP contribution in [0.4, 0.5) is 4.79 Å². The summed E-state index contributed by atoms with van der Waals surface area (Å²) < 4.78 is 23.3. The number of carbonyl (C=O) groups is 6. The first kappa shape index (κ1) is 45.8. The minimum Gasteiger partial charge on any atom is -0.356 e. The van der Waals surface area contributed by atoms with Gasteiger partial charge in [-0.25, -0.2) is 18.4 Å². The van der Waals surface area contributed by atoms with Crippen molar-refractivity contribution in [3.63, 3.8) is 0 Å². The molecule has 0 aliphatic carbocycles. The third-order valence-electron chi connectivity index (χ3n) is 10.5.